The number of methoxy groups -OCH3 is 1. The van der Waals surface area contributed by atoms with Gasteiger partial charge in [0.05, 0.1) is 7.11 Å². The van der Waals surface area contributed by atoms with Crippen molar-refractivity contribution in [3.63, 3.8) is 0 Å². The minimum atomic E-state index is -0.396. The molecular formula is C30H38O4S. The molecule has 0 saturated heterocycles. The van der Waals surface area contributed by atoms with E-state index in [1.54, 1.807) is 12.1 Å². The van der Waals surface area contributed by atoms with E-state index in [4.69, 9.17) is 26.4 Å². The second-order valence-electron chi connectivity index (χ2n) is 7.49. The van der Waals surface area contributed by atoms with Gasteiger partial charge in [0.2, 0.25) is 0 Å². The Labute approximate surface area is 216 Å². The van der Waals surface area contributed by atoms with E-state index in [9.17, 15) is 4.79 Å². The van der Waals surface area contributed by atoms with Gasteiger partial charge >= 0.3 is 11.2 Å². The van der Waals surface area contributed by atoms with Crippen molar-refractivity contribution >= 4 is 23.4 Å². The first-order valence-electron chi connectivity index (χ1n) is 12.1. The SMILES string of the molecule is CC/C=C\C/C=C\C/C=C\C/C=C\C/C=C\C=C\C(CCC(=O)OC)OC(=S)Oc1ccccc1. The van der Waals surface area contributed by atoms with Crippen molar-refractivity contribution in [3.8, 4) is 5.75 Å². The summed E-state index contributed by atoms with van der Waals surface area (Å²) in [5.74, 6) is 0.308. The lowest BCUT2D eigenvalue weighted by Crippen LogP contribution is -2.20. The fourth-order valence-corrected chi connectivity index (χ4v) is 3.01. The first-order chi connectivity index (χ1) is 17.2. The monoisotopic (exact) mass is 494 g/mol. The molecule has 0 amide bonds. The first kappa shape index (κ1) is 29.9. The van der Waals surface area contributed by atoms with Crippen LogP contribution in [0.4, 0.5) is 0 Å². The zero-order valence-corrected chi connectivity index (χ0v) is 21.7. The summed E-state index contributed by atoms with van der Waals surface area (Å²) in [7, 11) is 1.37. The molecule has 0 fully saturated rings. The van der Waals surface area contributed by atoms with Crippen LogP contribution in [0.5, 0.6) is 5.75 Å². The van der Waals surface area contributed by atoms with Crippen LogP contribution in [0, 0.1) is 0 Å². The summed E-state index contributed by atoms with van der Waals surface area (Å²) in [6.45, 7) is 2.14. The van der Waals surface area contributed by atoms with E-state index in [0.717, 1.165) is 32.1 Å². The van der Waals surface area contributed by atoms with Gasteiger partial charge in [0.25, 0.3) is 0 Å². The number of allylic oxidation sites excluding steroid dienone is 11. The van der Waals surface area contributed by atoms with Gasteiger partial charge in [-0.25, -0.2) is 0 Å². The van der Waals surface area contributed by atoms with Crippen LogP contribution in [0.25, 0.3) is 0 Å². The van der Waals surface area contributed by atoms with Gasteiger partial charge in [-0.3, -0.25) is 4.79 Å². The summed E-state index contributed by atoms with van der Waals surface area (Å²) in [4.78, 5) is 11.5. The molecule has 1 rings (SSSR count). The molecule has 5 heteroatoms. The van der Waals surface area contributed by atoms with Crippen molar-refractivity contribution in [2.75, 3.05) is 7.11 Å². The van der Waals surface area contributed by atoms with Crippen LogP contribution in [-0.2, 0) is 14.3 Å². The third-order valence-electron chi connectivity index (χ3n) is 4.62. The predicted octanol–water partition coefficient (Wildman–Crippen LogP) is 8.00. The average molecular weight is 495 g/mol. The Hall–Kier alpha value is -3.18. The predicted molar refractivity (Wildman–Crippen MR) is 149 cm³/mol. The summed E-state index contributed by atoms with van der Waals surface area (Å²) >= 11 is 5.20. The lowest BCUT2D eigenvalue weighted by molar-refractivity contribution is -0.141. The number of rotatable bonds is 16. The largest absolute Gasteiger partial charge is 0.469 e. The zero-order chi connectivity index (χ0) is 25.4. The van der Waals surface area contributed by atoms with Crippen LogP contribution in [0.1, 0.15) is 51.9 Å². The van der Waals surface area contributed by atoms with Crippen molar-refractivity contribution in [2.45, 2.75) is 58.0 Å². The van der Waals surface area contributed by atoms with Gasteiger partial charge < -0.3 is 14.2 Å². The van der Waals surface area contributed by atoms with Crippen molar-refractivity contribution in [1.29, 1.82) is 0 Å². The van der Waals surface area contributed by atoms with Crippen LogP contribution < -0.4 is 4.74 Å². The van der Waals surface area contributed by atoms with E-state index in [1.807, 2.05) is 36.4 Å². The maximum absolute atomic E-state index is 11.5. The maximum Gasteiger partial charge on any atom is 0.358 e. The fraction of sp³-hybridized carbons (Fsp3) is 0.333. The molecule has 4 nitrogen and oxygen atoms in total. The Bertz CT molecular complexity index is 879. The van der Waals surface area contributed by atoms with E-state index in [-0.39, 0.29) is 17.6 Å². The molecule has 0 saturated carbocycles. The lowest BCUT2D eigenvalue weighted by atomic mass is 10.2. The third-order valence-corrected chi connectivity index (χ3v) is 4.80. The highest BCUT2D eigenvalue weighted by molar-refractivity contribution is 7.79. The van der Waals surface area contributed by atoms with Crippen LogP contribution in [0.15, 0.2) is 103 Å². The van der Waals surface area contributed by atoms with Gasteiger partial charge in [0, 0.05) is 18.6 Å². The highest BCUT2D eigenvalue weighted by atomic mass is 32.1. The number of ether oxygens (including phenoxy) is 3. The van der Waals surface area contributed by atoms with Crippen LogP contribution in [-0.4, -0.2) is 24.4 Å². The molecule has 1 aromatic rings. The van der Waals surface area contributed by atoms with Gasteiger partial charge in [0.15, 0.2) is 0 Å². The standard InChI is InChI=1S/C30H38O4S/c1-3-4-5-6-7-8-9-10-11-12-13-14-15-16-17-19-24-28(25-26-29(31)32-2)34-30(35)33-27-22-20-18-21-23-27/h4-5,7-8,10-11,13-14,16-24,28H,3,6,9,12,15,25-26H2,1-2H3/b5-4-,8-7-,11-10-,14-13-,17-16-,24-19+. The van der Waals surface area contributed by atoms with E-state index < -0.39 is 6.10 Å². The van der Waals surface area contributed by atoms with Crippen molar-refractivity contribution < 1.29 is 19.0 Å². The number of benzene rings is 1. The molecule has 0 N–H and O–H groups in total. The topological polar surface area (TPSA) is 44.8 Å². The highest BCUT2D eigenvalue weighted by Crippen LogP contribution is 2.12. The Morgan fingerprint density at radius 2 is 1.43 bits per heavy atom. The van der Waals surface area contributed by atoms with Gasteiger partial charge in [-0.15, -0.1) is 0 Å². The van der Waals surface area contributed by atoms with Gasteiger partial charge in [-0.2, -0.15) is 0 Å². The van der Waals surface area contributed by atoms with Crippen molar-refractivity contribution in [3.05, 3.63) is 103 Å². The maximum atomic E-state index is 11.5. The molecule has 188 valence electrons. The number of carbonyl (C=O) groups is 1. The van der Waals surface area contributed by atoms with Crippen LogP contribution in [0.2, 0.25) is 0 Å². The molecule has 0 aliphatic rings. The van der Waals surface area contributed by atoms with Gasteiger partial charge in [0.1, 0.15) is 11.9 Å². The summed E-state index contributed by atoms with van der Waals surface area (Å²) in [6, 6.07) is 9.20. The number of thiocarbonyl (C=S) groups is 1. The number of para-hydroxylation sites is 1. The number of hydrogen-bond acceptors (Lipinski definition) is 5. The lowest BCUT2D eigenvalue weighted by Gasteiger charge is -2.15. The molecular weight excluding hydrogens is 456 g/mol. The molecule has 0 aliphatic carbocycles. The highest BCUT2D eigenvalue weighted by Gasteiger charge is 2.13. The first-order valence-corrected chi connectivity index (χ1v) is 12.5. The fourth-order valence-electron chi connectivity index (χ4n) is 2.79. The number of carbonyl (C=O) groups excluding carboxylic acids is 1. The van der Waals surface area contributed by atoms with Gasteiger partial charge in [-0.1, -0.05) is 92.0 Å². The average Bonchev–Trinajstić information content (AvgIpc) is 2.87. The van der Waals surface area contributed by atoms with Crippen LogP contribution >= 0.6 is 12.2 Å². The van der Waals surface area contributed by atoms with Crippen molar-refractivity contribution in [2.24, 2.45) is 0 Å². The number of esters is 1. The minimum absolute atomic E-state index is 0.0134. The quantitative estimate of drug-likeness (QED) is 0.101. The molecule has 1 unspecified atom stereocenters. The Morgan fingerprint density at radius 3 is 2.00 bits per heavy atom. The summed E-state index contributed by atoms with van der Waals surface area (Å²) in [6.07, 6.45) is 30.3. The molecule has 0 aliphatic heterocycles. The Morgan fingerprint density at radius 1 is 0.857 bits per heavy atom. The molecule has 0 bridgehead atoms. The molecule has 0 aromatic heterocycles. The molecule has 0 radical (unpaired) electrons. The second kappa shape index (κ2) is 21.4. The third kappa shape index (κ3) is 17.9. The molecule has 1 aromatic carbocycles. The van der Waals surface area contributed by atoms with E-state index in [1.165, 1.54) is 7.11 Å². The smallest absolute Gasteiger partial charge is 0.358 e. The summed E-state index contributed by atoms with van der Waals surface area (Å²) in [5.41, 5.74) is 0. The summed E-state index contributed by atoms with van der Waals surface area (Å²) < 4.78 is 16.0. The summed E-state index contributed by atoms with van der Waals surface area (Å²) in [5, 5.41) is 0.0134. The minimum Gasteiger partial charge on any atom is -0.469 e. The second-order valence-corrected chi connectivity index (χ2v) is 7.82. The van der Waals surface area contributed by atoms with Crippen LogP contribution in [0.3, 0.4) is 0 Å². The van der Waals surface area contributed by atoms with E-state index in [0.29, 0.717) is 12.2 Å². The normalized spacial score (nSPS) is 13.1. The Balaban J connectivity index is 2.37. The van der Waals surface area contributed by atoms with E-state index in [2.05, 4.69) is 61.6 Å². The van der Waals surface area contributed by atoms with E-state index >= 15 is 0 Å². The number of hydrogen-bond donors (Lipinski definition) is 0. The zero-order valence-electron chi connectivity index (χ0n) is 20.9. The van der Waals surface area contributed by atoms with Gasteiger partial charge in [-0.05, 0) is 56.7 Å². The molecule has 0 heterocycles. The van der Waals surface area contributed by atoms with Crippen molar-refractivity contribution in [1.82, 2.24) is 0 Å². The Kier molecular flexibility index (Phi) is 18.2. The molecule has 35 heavy (non-hydrogen) atoms. The molecule has 1 atom stereocenters. The molecule has 0 spiro atoms.